The molecule has 6 nitrogen and oxygen atoms in total. The molecule has 0 spiro atoms. The molecule has 1 aromatic carbocycles. The summed E-state index contributed by atoms with van der Waals surface area (Å²) in [6, 6.07) is 7.36. The van der Waals surface area contributed by atoms with Gasteiger partial charge in [-0.15, -0.1) is 0 Å². The highest BCUT2D eigenvalue weighted by Crippen LogP contribution is 2.30. The van der Waals surface area contributed by atoms with Crippen molar-refractivity contribution in [3.8, 4) is 0 Å². The number of hydrogen-bond donors (Lipinski definition) is 2. The average Bonchev–Trinajstić information content (AvgIpc) is 2.89. The zero-order valence-corrected chi connectivity index (χ0v) is 13.5. The monoisotopic (exact) mass is 330 g/mol. The lowest BCUT2D eigenvalue weighted by atomic mass is 10.0. The van der Waals surface area contributed by atoms with Gasteiger partial charge in [0.15, 0.2) is 0 Å². The van der Waals surface area contributed by atoms with Crippen LogP contribution >= 0.6 is 0 Å². The van der Waals surface area contributed by atoms with Crippen LogP contribution in [-0.2, 0) is 4.79 Å². The first-order valence-corrected chi connectivity index (χ1v) is 7.86. The van der Waals surface area contributed by atoms with Crippen LogP contribution in [0.5, 0.6) is 0 Å². The number of anilines is 2. The lowest BCUT2D eigenvalue weighted by Gasteiger charge is -2.17. The van der Waals surface area contributed by atoms with E-state index in [2.05, 4.69) is 15.3 Å². The summed E-state index contributed by atoms with van der Waals surface area (Å²) in [7, 11) is 0. The van der Waals surface area contributed by atoms with Gasteiger partial charge in [-0.05, 0) is 38.1 Å². The van der Waals surface area contributed by atoms with Crippen molar-refractivity contribution >= 4 is 17.5 Å². The molecule has 0 saturated carbocycles. The van der Waals surface area contributed by atoms with E-state index in [4.69, 9.17) is 0 Å². The van der Waals surface area contributed by atoms with Crippen molar-refractivity contribution in [3.05, 3.63) is 52.2 Å². The maximum absolute atomic E-state index is 13.0. The largest absolute Gasteiger partial charge is 0.354 e. The Labute approximate surface area is 138 Å². The Balaban J connectivity index is 1.84. The van der Waals surface area contributed by atoms with E-state index < -0.39 is 0 Å². The number of amides is 1. The Hall–Kier alpha value is -2.70. The van der Waals surface area contributed by atoms with Gasteiger partial charge in [0, 0.05) is 36.7 Å². The summed E-state index contributed by atoms with van der Waals surface area (Å²) < 4.78 is 13.0. The molecule has 2 aromatic rings. The van der Waals surface area contributed by atoms with E-state index in [9.17, 15) is 14.0 Å². The fraction of sp³-hybridized carbons (Fsp3) is 0.353. The summed E-state index contributed by atoms with van der Waals surface area (Å²) in [5, 5.41) is 3.06. The second kappa shape index (κ2) is 6.43. The number of halogens is 1. The zero-order chi connectivity index (χ0) is 17.3. The van der Waals surface area contributed by atoms with Crippen LogP contribution < -0.4 is 15.8 Å². The van der Waals surface area contributed by atoms with Crippen LogP contribution in [0.1, 0.15) is 31.9 Å². The fourth-order valence-corrected chi connectivity index (χ4v) is 2.80. The molecular formula is C17H19FN4O2. The van der Waals surface area contributed by atoms with Gasteiger partial charge in [0.1, 0.15) is 5.82 Å². The quantitative estimate of drug-likeness (QED) is 0.901. The van der Waals surface area contributed by atoms with Gasteiger partial charge >= 0.3 is 0 Å². The van der Waals surface area contributed by atoms with Crippen LogP contribution in [0.3, 0.4) is 0 Å². The molecule has 24 heavy (non-hydrogen) atoms. The number of carbonyl (C=O) groups excluding carboxylic acids is 1. The van der Waals surface area contributed by atoms with E-state index in [0.717, 1.165) is 0 Å². The van der Waals surface area contributed by atoms with Crippen LogP contribution in [0.25, 0.3) is 0 Å². The van der Waals surface area contributed by atoms with E-state index in [1.54, 1.807) is 17.0 Å². The van der Waals surface area contributed by atoms with Gasteiger partial charge in [0.05, 0.1) is 5.69 Å². The molecule has 0 aliphatic carbocycles. The number of benzene rings is 1. The first-order valence-electron chi connectivity index (χ1n) is 7.86. The highest BCUT2D eigenvalue weighted by molar-refractivity contribution is 5.96. The number of carbonyl (C=O) groups is 1. The first-order chi connectivity index (χ1) is 11.4. The van der Waals surface area contributed by atoms with E-state index >= 15 is 0 Å². The van der Waals surface area contributed by atoms with Gasteiger partial charge in [-0.1, -0.05) is 0 Å². The number of rotatable bonds is 4. The van der Waals surface area contributed by atoms with Gasteiger partial charge in [-0.25, -0.2) is 9.37 Å². The number of hydrogen-bond acceptors (Lipinski definition) is 4. The van der Waals surface area contributed by atoms with Gasteiger partial charge in [0.2, 0.25) is 11.9 Å². The SMILES string of the molecule is CC(C)Nc1nc([C@H]2CC(=O)N(c3ccc(F)cc3)C2)cc(=O)[nH]1. The van der Waals surface area contributed by atoms with Gasteiger partial charge in [0.25, 0.3) is 5.56 Å². The van der Waals surface area contributed by atoms with Gasteiger partial charge in [-0.3, -0.25) is 14.6 Å². The van der Waals surface area contributed by atoms with Crippen molar-refractivity contribution < 1.29 is 9.18 Å². The van der Waals surface area contributed by atoms with Crippen LogP contribution in [-0.4, -0.2) is 28.5 Å². The van der Waals surface area contributed by atoms with Crippen molar-refractivity contribution in [2.45, 2.75) is 32.2 Å². The van der Waals surface area contributed by atoms with Crippen molar-refractivity contribution in [2.24, 2.45) is 0 Å². The molecule has 3 rings (SSSR count). The third-order valence-electron chi connectivity index (χ3n) is 3.87. The molecule has 126 valence electrons. The Kier molecular flexibility index (Phi) is 4.33. The molecule has 1 atom stereocenters. The Morgan fingerprint density at radius 3 is 2.67 bits per heavy atom. The maximum atomic E-state index is 13.0. The predicted octanol–water partition coefficient (Wildman–Crippen LogP) is 2.25. The van der Waals surface area contributed by atoms with Gasteiger partial charge < -0.3 is 10.2 Å². The third-order valence-corrected chi connectivity index (χ3v) is 3.87. The molecule has 1 aromatic heterocycles. The summed E-state index contributed by atoms with van der Waals surface area (Å²) in [5.74, 6) is -0.174. The Bertz CT molecular complexity index is 801. The number of aromatic nitrogens is 2. The van der Waals surface area contributed by atoms with Crippen LogP contribution in [0.4, 0.5) is 16.0 Å². The first kappa shape index (κ1) is 16.2. The molecule has 1 aliphatic rings. The van der Waals surface area contributed by atoms with E-state index in [0.29, 0.717) is 23.9 Å². The second-order valence-electron chi connectivity index (χ2n) is 6.20. The van der Waals surface area contributed by atoms with Crippen molar-refractivity contribution in [1.82, 2.24) is 9.97 Å². The van der Waals surface area contributed by atoms with E-state index in [1.165, 1.54) is 18.2 Å². The minimum Gasteiger partial charge on any atom is -0.354 e. The van der Waals surface area contributed by atoms with Crippen LogP contribution in [0.2, 0.25) is 0 Å². The van der Waals surface area contributed by atoms with E-state index in [1.807, 2.05) is 13.8 Å². The summed E-state index contributed by atoms with van der Waals surface area (Å²) in [6.45, 7) is 4.31. The smallest absolute Gasteiger partial charge is 0.252 e. The third kappa shape index (κ3) is 3.45. The topological polar surface area (TPSA) is 78.1 Å². The fourth-order valence-electron chi connectivity index (χ4n) is 2.80. The number of nitrogens with zero attached hydrogens (tertiary/aromatic N) is 2. The van der Waals surface area contributed by atoms with Crippen LogP contribution in [0, 0.1) is 5.82 Å². The maximum Gasteiger partial charge on any atom is 0.252 e. The Morgan fingerprint density at radius 1 is 1.29 bits per heavy atom. The minimum atomic E-state index is -0.345. The number of nitrogens with one attached hydrogen (secondary N) is 2. The lowest BCUT2D eigenvalue weighted by molar-refractivity contribution is -0.117. The molecular weight excluding hydrogens is 311 g/mol. The highest BCUT2D eigenvalue weighted by atomic mass is 19.1. The lowest BCUT2D eigenvalue weighted by Crippen LogP contribution is -2.24. The van der Waals surface area contributed by atoms with Crippen LogP contribution in [0.15, 0.2) is 35.1 Å². The minimum absolute atomic E-state index is 0.0629. The summed E-state index contributed by atoms with van der Waals surface area (Å²) in [4.78, 5) is 32.8. The second-order valence-corrected chi connectivity index (χ2v) is 6.20. The summed E-state index contributed by atoms with van der Waals surface area (Å²) in [6.07, 6.45) is 0.273. The summed E-state index contributed by atoms with van der Waals surface area (Å²) in [5.41, 5.74) is 0.977. The standard InChI is InChI=1S/C17H19FN4O2/c1-10(2)19-17-20-14(8-15(23)21-17)11-7-16(24)22(9-11)13-5-3-12(18)4-6-13/h3-6,8,10-11H,7,9H2,1-2H3,(H2,19,20,21,23)/t11-/m0/s1. The molecule has 0 bridgehead atoms. The molecule has 2 heterocycles. The summed E-state index contributed by atoms with van der Waals surface area (Å²) >= 11 is 0. The zero-order valence-electron chi connectivity index (χ0n) is 13.5. The van der Waals surface area contributed by atoms with Crippen molar-refractivity contribution in [3.63, 3.8) is 0 Å². The number of H-pyrrole nitrogens is 1. The molecule has 1 saturated heterocycles. The molecule has 2 N–H and O–H groups in total. The normalized spacial score (nSPS) is 17.6. The predicted molar refractivity (Wildman–Crippen MR) is 89.7 cm³/mol. The molecule has 1 fully saturated rings. The van der Waals surface area contributed by atoms with E-state index in [-0.39, 0.29) is 35.7 Å². The average molecular weight is 330 g/mol. The number of aromatic amines is 1. The molecule has 1 aliphatic heterocycles. The molecule has 0 radical (unpaired) electrons. The molecule has 7 heteroatoms. The van der Waals surface area contributed by atoms with Crippen molar-refractivity contribution in [2.75, 3.05) is 16.8 Å². The van der Waals surface area contributed by atoms with Gasteiger partial charge in [-0.2, -0.15) is 0 Å². The Morgan fingerprint density at radius 2 is 2.00 bits per heavy atom. The molecule has 1 amide bonds. The van der Waals surface area contributed by atoms with Crippen molar-refractivity contribution in [1.29, 1.82) is 0 Å². The molecule has 0 unspecified atom stereocenters. The highest BCUT2D eigenvalue weighted by Gasteiger charge is 2.32.